The van der Waals surface area contributed by atoms with Gasteiger partial charge in [0, 0.05) is 12.1 Å². The van der Waals surface area contributed by atoms with E-state index in [9.17, 15) is 0 Å². The first-order valence-electron chi connectivity index (χ1n) is 7.74. The molecule has 5 heteroatoms. The molecule has 2 heterocycles. The van der Waals surface area contributed by atoms with Crippen LogP contribution in [0.3, 0.4) is 0 Å². The summed E-state index contributed by atoms with van der Waals surface area (Å²) in [6.07, 6.45) is 4.08. The molecule has 0 fully saturated rings. The van der Waals surface area contributed by atoms with Crippen molar-refractivity contribution in [3.05, 3.63) is 36.6 Å². The molecular weight excluding hydrogens is 276 g/mol. The Balaban J connectivity index is 2.07. The lowest BCUT2D eigenvalue weighted by molar-refractivity contribution is 0.479. The van der Waals surface area contributed by atoms with Crippen molar-refractivity contribution in [1.82, 2.24) is 14.5 Å². The highest BCUT2D eigenvalue weighted by Crippen LogP contribution is 2.27. The summed E-state index contributed by atoms with van der Waals surface area (Å²) in [7, 11) is 0. The molecule has 0 spiro atoms. The van der Waals surface area contributed by atoms with Gasteiger partial charge in [0.2, 0.25) is 0 Å². The standard InChI is InChI=1S/C17H22N4O/c1-4-21-15-6-5-12(16-9-19-10-22-16)8-14(15)20-17(21)13(18)7-11(2)3/h5-6,8-11,13H,4,7,18H2,1-3H3/t13-/m1/s1. The minimum atomic E-state index is -0.0407. The van der Waals surface area contributed by atoms with Gasteiger partial charge in [-0.2, -0.15) is 0 Å². The van der Waals surface area contributed by atoms with Gasteiger partial charge in [-0.05, 0) is 37.5 Å². The van der Waals surface area contributed by atoms with Gasteiger partial charge in [0.25, 0.3) is 0 Å². The predicted octanol–water partition coefficient (Wildman–Crippen LogP) is 3.76. The number of nitrogens with zero attached hydrogens (tertiary/aromatic N) is 3. The van der Waals surface area contributed by atoms with Crippen LogP contribution in [0.1, 0.15) is 39.1 Å². The summed E-state index contributed by atoms with van der Waals surface area (Å²) in [5, 5.41) is 0. The first kappa shape index (κ1) is 14.8. The molecule has 116 valence electrons. The zero-order valence-corrected chi connectivity index (χ0v) is 13.3. The average molecular weight is 298 g/mol. The number of benzene rings is 1. The van der Waals surface area contributed by atoms with Crippen LogP contribution in [0, 0.1) is 5.92 Å². The number of rotatable bonds is 5. The molecule has 5 nitrogen and oxygen atoms in total. The summed E-state index contributed by atoms with van der Waals surface area (Å²) in [5.74, 6) is 2.26. The Kier molecular flexibility index (Phi) is 3.98. The molecule has 0 bridgehead atoms. The maximum absolute atomic E-state index is 6.36. The molecule has 0 aliphatic rings. The lowest BCUT2D eigenvalue weighted by Crippen LogP contribution is -2.18. The maximum atomic E-state index is 6.36. The van der Waals surface area contributed by atoms with Crippen molar-refractivity contribution < 1.29 is 4.42 Å². The van der Waals surface area contributed by atoms with Crippen molar-refractivity contribution in [3.63, 3.8) is 0 Å². The second-order valence-electron chi connectivity index (χ2n) is 6.02. The molecule has 2 aromatic heterocycles. The van der Waals surface area contributed by atoms with Crippen LogP contribution >= 0.6 is 0 Å². The van der Waals surface area contributed by atoms with E-state index in [2.05, 4.69) is 36.4 Å². The minimum absolute atomic E-state index is 0.0407. The van der Waals surface area contributed by atoms with Crippen molar-refractivity contribution >= 4 is 11.0 Å². The highest BCUT2D eigenvalue weighted by Gasteiger charge is 2.18. The Bertz CT molecular complexity index is 758. The number of imidazole rings is 1. The highest BCUT2D eigenvalue weighted by molar-refractivity contribution is 5.81. The number of hydrogen-bond acceptors (Lipinski definition) is 4. The minimum Gasteiger partial charge on any atom is -0.444 e. The second-order valence-corrected chi connectivity index (χ2v) is 6.02. The summed E-state index contributed by atoms with van der Waals surface area (Å²) in [6, 6.07) is 6.11. The van der Waals surface area contributed by atoms with Gasteiger partial charge in [-0.25, -0.2) is 9.97 Å². The number of nitrogens with two attached hydrogens (primary N) is 1. The Labute approximate surface area is 130 Å². The van der Waals surface area contributed by atoms with Crippen molar-refractivity contribution in [2.75, 3.05) is 0 Å². The van der Waals surface area contributed by atoms with E-state index < -0.39 is 0 Å². The van der Waals surface area contributed by atoms with E-state index in [-0.39, 0.29) is 6.04 Å². The molecule has 0 unspecified atom stereocenters. The fourth-order valence-corrected chi connectivity index (χ4v) is 2.89. The molecule has 0 amide bonds. The third-order valence-electron chi connectivity index (χ3n) is 3.87. The molecule has 0 aliphatic carbocycles. The van der Waals surface area contributed by atoms with Crippen LogP contribution in [0.25, 0.3) is 22.4 Å². The summed E-state index contributed by atoms with van der Waals surface area (Å²) in [4.78, 5) is 8.75. The van der Waals surface area contributed by atoms with Crippen LogP contribution < -0.4 is 5.73 Å². The molecule has 3 aromatic rings. The SMILES string of the molecule is CCn1c([C@H](N)CC(C)C)nc2cc(-c3cnco3)ccc21. The number of fused-ring (bicyclic) bond motifs is 1. The predicted molar refractivity (Wildman–Crippen MR) is 87.3 cm³/mol. The van der Waals surface area contributed by atoms with Crippen LogP contribution in [0.5, 0.6) is 0 Å². The Morgan fingerprint density at radius 1 is 1.32 bits per heavy atom. The van der Waals surface area contributed by atoms with E-state index in [4.69, 9.17) is 15.1 Å². The highest BCUT2D eigenvalue weighted by atomic mass is 16.3. The van der Waals surface area contributed by atoms with Gasteiger partial charge >= 0.3 is 0 Å². The first-order chi connectivity index (χ1) is 10.6. The molecule has 0 saturated heterocycles. The zero-order valence-electron chi connectivity index (χ0n) is 13.3. The van der Waals surface area contributed by atoms with Crippen molar-refractivity contribution in [2.45, 2.75) is 39.8 Å². The molecule has 0 saturated carbocycles. The van der Waals surface area contributed by atoms with Crippen molar-refractivity contribution in [2.24, 2.45) is 11.7 Å². The zero-order chi connectivity index (χ0) is 15.7. The summed E-state index contributed by atoms with van der Waals surface area (Å²) in [5.41, 5.74) is 9.40. The van der Waals surface area contributed by atoms with Crippen LogP contribution in [-0.4, -0.2) is 14.5 Å². The second kappa shape index (κ2) is 5.93. The molecule has 0 aliphatic heterocycles. The van der Waals surface area contributed by atoms with Gasteiger partial charge < -0.3 is 14.7 Å². The molecule has 2 N–H and O–H groups in total. The lowest BCUT2D eigenvalue weighted by Gasteiger charge is -2.15. The normalized spacial score (nSPS) is 13.1. The third kappa shape index (κ3) is 2.64. The number of aromatic nitrogens is 3. The fraction of sp³-hybridized carbons (Fsp3) is 0.412. The first-order valence-corrected chi connectivity index (χ1v) is 7.74. The van der Waals surface area contributed by atoms with Crippen LogP contribution in [0.2, 0.25) is 0 Å². The van der Waals surface area contributed by atoms with E-state index in [1.807, 2.05) is 12.1 Å². The molecule has 1 aromatic carbocycles. The molecule has 3 rings (SSSR count). The quantitative estimate of drug-likeness (QED) is 0.778. The Morgan fingerprint density at radius 3 is 2.77 bits per heavy atom. The van der Waals surface area contributed by atoms with E-state index in [1.54, 1.807) is 6.20 Å². The topological polar surface area (TPSA) is 69.9 Å². The van der Waals surface area contributed by atoms with E-state index in [0.717, 1.165) is 41.1 Å². The van der Waals surface area contributed by atoms with E-state index >= 15 is 0 Å². The monoisotopic (exact) mass is 298 g/mol. The number of hydrogen-bond donors (Lipinski definition) is 1. The van der Waals surface area contributed by atoms with E-state index in [1.165, 1.54) is 6.39 Å². The van der Waals surface area contributed by atoms with Crippen molar-refractivity contribution in [1.29, 1.82) is 0 Å². The van der Waals surface area contributed by atoms with Gasteiger partial charge in [0.05, 0.1) is 23.3 Å². The van der Waals surface area contributed by atoms with Crippen molar-refractivity contribution in [3.8, 4) is 11.3 Å². The van der Waals surface area contributed by atoms with Gasteiger partial charge in [0.1, 0.15) is 5.82 Å². The maximum Gasteiger partial charge on any atom is 0.181 e. The van der Waals surface area contributed by atoms with E-state index in [0.29, 0.717) is 5.92 Å². The molecule has 1 atom stereocenters. The molecular formula is C17H22N4O. The molecule has 22 heavy (non-hydrogen) atoms. The van der Waals surface area contributed by atoms with Crippen LogP contribution in [-0.2, 0) is 6.54 Å². The summed E-state index contributed by atoms with van der Waals surface area (Å²) < 4.78 is 7.56. The molecule has 0 radical (unpaired) electrons. The average Bonchev–Trinajstić information content (AvgIpc) is 3.13. The summed E-state index contributed by atoms with van der Waals surface area (Å²) in [6.45, 7) is 7.35. The smallest absolute Gasteiger partial charge is 0.181 e. The van der Waals surface area contributed by atoms with Gasteiger partial charge in [-0.3, -0.25) is 0 Å². The lowest BCUT2D eigenvalue weighted by atomic mass is 10.0. The van der Waals surface area contributed by atoms with Gasteiger partial charge in [-0.1, -0.05) is 13.8 Å². The van der Waals surface area contributed by atoms with Gasteiger partial charge in [0.15, 0.2) is 12.2 Å². The number of oxazole rings is 1. The summed E-state index contributed by atoms with van der Waals surface area (Å²) >= 11 is 0. The Hall–Kier alpha value is -2.14. The third-order valence-corrected chi connectivity index (χ3v) is 3.87. The van der Waals surface area contributed by atoms with Crippen LogP contribution in [0.4, 0.5) is 0 Å². The number of aryl methyl sites for hydroxylation is 1. The Morgan fingerprint density at radius 2 is 2.14 bits per heavy atom. The van der Waals surface area contributed by atoms with Crippen LogP contribution in [0.15, 0.2) is 35.2 Å². The van der Waals surface area contributed by atoms with Gasteiger partial charge in [-0.15, -0.1) is 0 Å². The largest absolute Gasteiger partial charge is 0.444 e. The fourth-order valence-electron chi connectivity index (χ4n) is 2.89.